The number of halogens is 3. The SMILES string of the molecule is CN1CCCCC1CC(Oc1ccccc1SC(F)(F)F)c1ccccc1. The van der Waals surface area contributed by atoms with Crippen LogP contribution in [0.15, 0.2) is 59.5 Å². The lowest BCUT2D eigenvalue weighted by atomic mass is 9.94. The maximum atomic E-state index is 12.9. The van der Waals surface area contributed by atoms with Crippen LogP contribution in [0.5, 0.6) is 5.75 Å². The lowest BCUT2D eigenvalue weighted by Crippen LogP contribution is -2.37. The highest BCUT2D eigenvalue weighted by Crippen LogP contribution is 2.43. The van der Waals surface area contributed by atoms with Crippen molar-refractivity contribution in [3.63, 3.8) is 0 Å². The van der Waals surface area contributed by atoms with Gasteiger partial charge in [-0.1, -0.05) is 48.9 Å². The average Bonchev–Trinajstić information content (AvgIpc) is 2.64. The molecule has 1 saturated heterocycles. The zero-order valence-electron chi connectivity index (χ0n) is 15.3. The van der Waals surface area contributed by atoms with Gasteiger partial charge in [0.1, 0.15) is 11.9 Å². The third-order valence-corrected chi connectivity index (χ3v) is 5.71. The van der Waals surface area contributed by atoms with E-state index in [9.17, 15) is 13.2 Å². The van der Waals surface area contributed by atoms with Gasteiger partial charge < -0.3 is 9.64 Å². The van der Waals surface area contributed by atoms with Crippen molar-refractivity contribution in [2.24, 2.45) is 0 Å². The summed E-state index contributed by atoms with van der Waals surface area (Å²) >= 11 is -0.124. The number of likely N-dealkylation sites (tertiary alicyclic amines) is 1. The van der Waals surface area contributed by atoms with Gasteiger partial charge >= 0.3 is 5.51 Å². The van der Waals surface area contributed by atoms with Crippen LogP contribution >= 0.6 is 11.8 Å². The number of alkyl halides is 3. The Hall–Kier alpha value is -1.66. The van der Waals surface area contributed by atoms with Crippen LogP contribution in [0.3, 0.4) is 0 Å². The van der Waals surface area contributed by atoms with Gasteiger partial charge in [-0.05, 0) is 55.9 Å². The third-order valence-electron chi connectivity index (χ3n) is 4.92. The summed E-state index contributed by atoms with van der Waals surface area (Å²) in [5.74, 6) is 0.284. The molecule has 2 aromatic carbocycles. The summed E-state index contributed by atoms with van der Waals surface area (Å²) < 4.78 is 44.9. The molecule has 0 bridgehead atoms. The normalized spacial score (nSPS) is 19.6. The van der Waals surface area contributed by atoms with Crippen LogP contribution in [-0.2, 0) is 0 Å². The molecule has 2 unspecified atom stereocenters. The molecular weight excluding hydrogens is 371 g/mol. The first-order valence-electron chi connectivity index (χ1n) is 9.19. The number of benzene rings is 2. The highest BCUT2D eigenvalue weighted by Gasteiger charge is 2.32. The van der Waals surface area contributed by atoms with Crippen LogP contribution in [0.2, 0.25) is 0 Å². The number of piperidine rings is 1. The monoisotopic (exact) mass is 395 g/mol. The van der Waals surface area contributed by atoms with Crippen molar-refractivity contribution in [2.75, 3.05) is 13.6 Å². The molecule has 1 heterocycles. The zero-order valence-corrected chi connectivity index (χ0v) is 16.1. The van der Waals surface area contributed by atoms with Crippen molar-refractivity contribution in [2.45, 2.75) is 48.2 Å². The number of thioether (sulfide) groups is 1. The van der Waals surface area contributed by atoms with Gasteiger partial charge in [-0.3, -0.25) is 0 Å². The van der Waals surface area contributed by atoms with Gasteiger partial charge in [0.25, 0.3) is 0 Å². The fourth-order valence-corrected chi connectivity index (χ4v) is 4.13. The molecule has 146 valence electrons. The topological polar surface area (TPSA) is 12.5 Å². The summed E-state index contributed by atoms with van der Waals surface area (Å²) in [6.07, 6.45) is 3.92. The van der Waals surface area contributed by atoms with E-state index in [2.05, 4.69) is 11.9 Å². The summed E-state index contributed by atoms with van der Waals surface area (Å²) in [6.45, 7) is 1.05. The van der Waals surface area contributed by atoms with Crippen molar-refractivity contribution < 1.29 is 17.9 Å². The molecule has 1 fully saturated rings. The highest BCUT2D eigenvalue weighted by molar-refractivity contribution is 8.00. The Labute approximate surface area is 162 Å². The van der Waals surface area contributed by atoms with E-state index in [1.165, 1.54) is 18.9 Å². The molecule has 2 nitrogen and oxygen atoms in total. The fraction of sp³-hybridized carbons (Fsp3) is 0.429. The molecule has 0 spiro atoms. The van der Waals surface area contributed by atoms with E-state index in [0.717, 1.165) is 24.9 Å². The molecule has 0 radical (unpaired) electrons. The minimum Gasteiger partial charge on any atom is -0.484 e. The summed E-state index contributed by atoms with van der Waals surface area (Å²) in [4.78, 5) is 2.43. The Morgan fingerprint density at radius 3 is 2.48 bits per heavy atom. The van der Waals surface area contributed by atoms with Crippen molar-refractivity contribution in [1.29, 1.82) is 0 Å². The van der Waals surface area contributed by atoms with E-state index in [0.29, 0.717) is 6.04 Å². The third kappa shape index (κ3) is 5.91. The summed E-state index contributed by atoms with van der Waals surface area (Å²) in [7, 11) is 2.11. The minimum atomic E-state index is -4.34. The Morgan fingerprint density at radius 2 is 1.78 bits per heavy atom. The Balaban J connectivity index is 1.84. The second-order valence-corrected chi connectivity index (χ2v) is 7.98. The number of nitrogens with zero attached hydrogens (tertiary/aromatic N) is 1. The molecule has 0 amide bonds. The largest absolute Gasteiger partial charge is 0.484 e. The van der Waals surface area contributed by atoms with Crippen LogP contribution in [0, 0.1) is 0 Å². The van der Waals surface area contributed by atoms with Crippen LogP contribution in [0.25, 0.3) is 0 Å². The highest BCUT2D eigenvalue weighted by atomic mass is 32.2. The molecule has 27 heavy (non-hydrogen) atoms. The number of hydrogen-bond acceptors (Lipinski definition) is 3. The average molecular weight is 395 g/mol. The van der Waals surface area contributed by atoms with Crippen molar-refractivity contribution in [1.82, 2.24) is 4.90 Å². The van der Waals surface area contributed by atoms with E-state index >= 15 is 0 Å². The van der Waals surface area contributed by atoms with Crippen molar-refractivity contribution in [3.05, 3.63) is 60.2 Å². The Kier molecular flexibility index (Phi) is 6.71. The minimum absolute atomic E-state index is 0.0999. The van der Waals surface area contributed by atoms with Crippen LogP contribution in [0.1, 0.15) is 37.4 Å². The lowest BCUT2D eigenvalue weighted by molar-refractivity contribution is -0.0329. The van der Waals surface area contributed by atoms with Gasteiger partial charge in [-0.15, -0.1) is 0 Å². The molecule has 0 aliphatic carbocycles. The molecule has 0 aromatic heterocycles. The smallest absolute Gasteiger partial charge is 0.446 e. The van der Waals surface area contributed by atoms with Gasteiger partial charge in [-0.2, -0.15) is 13.2 Å². The summed E-state index contributed by atoms with van der Waals surface area (Å²) in [5.41, 5.74) is -3.35. The van der Waals surface area contributed by atoms with Gasteiger partial charge in [-0.25, -0.2) is 0 Å². The van der Waals surface area contributed by atoms with Crippen molar-refractivity contribution in [3.8, 4) is 5.75 Å². The van der Waals surface area contributed by atoms with E-state index in [-0.39, 0.29) is 28.5 Å². The predicted octanol–water partition coefficient (Wildman–Crippen LogP) is 6.29. The zero-order chi connectivity index (χ0) is 19.3. The first-order valence-corrected chi connectivity index (χ1v) is 10.0. The molecule has 0 N–H and O–H groups in total. The second kappa shape index (κ2) is 9.02. The molecular formula is C21H24F3NOS. The van der Waals surface area contributed by atoms with E-state index in [1.54, 1.807) is 18.2 Å². The standard InChI is InChI=1S/C21H24F3NOS/c1-25-14-8-7-11-17(25)15-19(16-9-3-2-4-10-16)26-18-12-5-6-13-20(18)27-21(22,23)24/h2-6,9-10,12-13,17,19H,7-8,11,14-15H2,1H3. The summed E-state index contributed by atoms with van der Waals surface area (Å²) in [6, 6.07) is 16.5. The van der Waals surface area contributed by atoms with Gasteiger partial charge in [0.15, 0.2) is 0 Å². The quantitative estimate of drug-likeness (QED) is 0.533. The van der Waals surface area contributed by atoms with Gasteiger partial charge in [0, 0.05) is 12.5 Å². The predicted molar refractivity (Wildman–Crippen MR) is 103 cm³/mol. The number of ether oxygens (including phenoxy) is 1. The van der Waals surface area contributed by atoms with E-state index < -0.39 is 5.51 Å². The Morgan fingerprint density at radius 1 is 1.07 bits per heavy atom. The maximum absolute atomic E-state index is 12.9. The van der Waals surface area contributed by atoms with Gasteiger partial charge in [0.2, 0.25) is 0 Å². The molecule has 1 aliphatic rings. The van der Waals surface area contributed by atoms with Crippen LogP contribution in [-0.4, -0.2) is 30.0 Å². The molecule has 3 rings (SSSR count). The fourth-order valence-electron chi connectivity index (χ4n) is 3.52. The molecule has 6 heteroatoms. The second-order valence-electron chi connectivity index (χ2n) is 6.88. The lowest BCUT2D eigenvalue weighted by Gasteiger charge is -2.35. The van der Waals surface area contributed by atoms with Crippen molar-refractivity contribution >= 4 is 11.8 Å². The Bertz CT molecular complexity index is 723. The number of hydrogen-bond donors (Lipinski definition) is 0. The number of para-hydroxylation sites is 1. The first kappa shape index (κ1) is 20.1. The first-order chi connectivity index (χ1) is 12.9. The van der Waals surface area contributed by atoms with E-state index in [1.807, 2.05) is 30.3 Å². The summed E-state index contributed by atoms with van der Waals surface area (Å²) in [5, 5.41) is 0. The number of rotatable bonds is 6. The molecule has 2 atom stereocenters. The van der Waals surface area contributed by atoms with Crippen LogP contribution in [0.4, 0.5) is 13.2 Å². The molecule has 2 aromatic rings. The molecule has 0 saturated carbocycles. The van der Waals surface area contributed by atoms with Crippen LogP contribution < -0.4 is 4.74 Å². The molecule has 1 aliphatic heterocycles. The van der Waals surface area contributed by atoms with Gasteiger partial charge in [0.05, 0.1) is 4.90 Å². The van der Waals surface area contributed by atoms with E-state index in [4.69, 9.17) is 4.74 Å². The maximum Gasteiger partial charge on any atom is 0.446 e.